The predicted octanol–water partition coefficient (Wildman–Crippen LogP) is 4.75. The fourth-order valence-electron chi connectivity index (χ4n) is 3.10. The van der Waals surface area contributed by atoms with Crippen molar-refractivity contribution in [2.45, 2.75) is 66.2 Å². The van der Waals surface area contributed by atoms with E-state index in [4.69, 9.17) is 14.6 Å². The number of benzene rings is 2. The number of carboxylic acid groups (broad SMARTS) is 1. The van der Waals surface area contributed by atoms with Crippen molar-refractivity contribution >= 4 is 5.97 Å². The minimum absolute atomic E-state index is 0.111. The van der Waals surface area contributed by atoms with Gasteiger partial charge >= 0.3 is 5.97 Å². The van der Waals surface area contributed by atoms with Crippen molar-refractivity contribution in [3.8, 4) is 11.5 Å². The summed E-state index contributed by atoms with van der Waals surface area (Å²) in [5.41, 5.74) is 5.99. The Morgan fingerprint density at radius 2 is 1.72 bits per heavy atom. The first-order valence-electron chi connectivity index (χ1n) is 9.89. The van der Waals surface area contributed by atoms with E-state index in [9.17, 15) is 4.79 Å². The smallest absolute Gasteiger partial charge is 0.320 e. The zero-order chi connectivity index (χ0) is 21.8. The van der Waals surface area contributed by atoms with Gasteiger partial charge in [0.25, 0.3) is 0 Å². The average Bonchev–Trinajstić information content (AvgIpc) is 2.64. The summed E-state index contributed by atoms with van der Waals surface area (Å²) in [6.07, 6.45) is 0. The Balaban J connectivity index is 2.13. The van der Waals surface area contributed by atoms with E-state index in [2.05, 4.69) is 52.1 Å². The highest BCUT2D eigenvalue weighted by Gasteiger charge is 2.17. The van der Waals surface area contributed by atoms with Gasteiger partial charge in [-0.3, -0.25) is 4.79 Å². The van der Waals surface area contributed by atoms with E-state index >= 15 is 0 Å². The van der Waals surface area contributed by atoms with Gasteiger partial charge < -0.3 is 19.9 Å². The molecule has 5 nitrogen and oxygen atoms in total. The first-order chi connectivity index (χ1) is 13.5. The molecule has 0 heterocycles. The van der Waals surface area contributed by atoms with Crippen LogP contribution in [-0.2, 0) is 23.4 Å². The van der Waals surface area contributed by atoms with Crippen molar-refractivity contribution in [1.29, 1.82) is 0 Å². The van der Waals surface area contributed by atoms with E-state index in [1.54, 1.807) is 14.0 Å². The molecule has 0 bridgehead atoms. The Hall–Kier alpha value is -2.53. The first-order valence-corrected chi connectivity index (χ1v) is 9.89. The summed E-state index contributed by atoms with van der Waals surface area (Å²) in [5.74, 6) is 0.426. The molecule has 1 atom stereocenters. The molecule has 0 saturated carbocycles. The van der Waals surface area contributed by atoms with E-state index in [0.29, 0.717) is 24.7 Å². The van der Waals surface area contributed by atoms with Crippen LogP contribution in [0, 0.1) is 13.8 Å². The lowest BCUT2D eigenvalue weighted by Gasteiger charge is -2.22. The Labute approximate surface area is 174 Å². The lowest BCUT2D eigenvalue weighted by Crippen LogP contribution is -2.33. The van der Waals surface area contributed by atoms with Crippen LogP contribution in [0.4, 0.5) is 0 Å². The molecule has 0 aliphatic carbocycles. The molecule has 2 rings (SSSR count). The van der Waals surface area contributed by atoms with Crippen molar-refractivity contribution in [2.75, 3.05) is 7.11 Å². The van der Waals surface area contributed by atoms with Gasteiger partial charge in [-0.2, -0.15) is 0 Å². The third kappa shape index (κ3) is 5.97. The lowest BCUT2D eigenvalue weighted by molar-refractivity contribution is -0.139. The number of aryl methyl sites for hydroxylation is 2. The number of hydrogen-bond donors (Lipinski definition) is 2. The molecule has 0 radical (unpaired) electrons. The third-order valence-electron chi connectivity index (χ3n) is 5.14. The number of aliphatic carboxylic acids is 1. The molecule has 0 spiro atoms. The maximum atomic E-state index is 10.9. The average molecular weight is 400 g/mol. The molecule has 0 saturated heterocycles. The maximum Gasteiger partial charge on any atom is 0.320 e. The van der Waals surface area contributed by atoms with Gasteiger partial charge in [0.2, 0.25) is 0 Å². The number of ether oxygens (including phenoxy) is 2. The highest BCUT2D eigenvalue weighted by atomic mass is 16.5. The maximum absolute atomic E-state index is 10.9. The molecule has 0 aliphatic rings. The van der Waals surface area contributed by atoms with Gasteiger partial charge in [-0.05, 0) is 66.1 Å². The van der Waals surface area contributed by atoms with Crippen LogP contribution >= 0.6 is 0 Å². The van der Waals surface area contributed by atoms with Crippen LogP contribution in [0.25, 0.3) is 0 Å². The number of nitrogens with one attached hydrogen (secondary N) is 1. The van der Waals surface area contributed by atoms with Gasteiger partial charge in [-0.1, -0.05) is 39.0 Å². The number of rotatable bonds is 8. The van der Waals surface area contributed by atoms with Gasteiger partial charge in [0, 0.05) is 6.54 Å². The number of carbonyl (C=O) groups is 1. The molecule has 0 unspecified atom stereocenters. The summed E-state index contributed by atoms with van der Waals surface area (Å²) in [6, 6.07) is 9.53. The van der Waals surface area contributed by atoms with E-state index in [1.165, 1.54) is 22.3 Å². The molecule has 0 aromatic heterocycles. The summed E-state index contributed by atoms with van der Waals surface area (Å²) in [7, 11) is 1.61. The molecule has 0 fully saturated rings. The Kier molecular flexibility index (Phi) is 7.31. The van der Waals surface area contributed by atoms with Crippen molar-refractivity contribution in [3.05, 3.63) is 58.1 Å². The van der Waals surface area contributed by atoms with E-state index in [0.717, 1.165) is 5.56 Å². The van der Waals surface area contributed by atoms with E-state index < -0.39 is 12.0 Å². The summed E-state index contributed by atoms with van der Waals surface area (Å²) < 4.78 is 11.6. The largest absolute Gasteiger partial charge is 0.493 e. The quantitative estimate of drug-likeness (QED) is 0.670. The summed E-state index contributed by atoms with van der Waals surface area (Å²) in [6.45, 7) is 13.4. The molecule has 29 heavy (non-hydrogen) atoms. The highest BCUT2D eigenvalue weighted by molar-refractivity contribution is 5.72. The van der Waals surface area contributed by atoms with Crippen molar-refractivity contribution in [2.24, 2.45) is 0 Å². The normalized spacial score (nSPS) is 12.5. The van der Waals surface area contributed by atoms with Gasteiger partial charge in [-0.25, -0.2) is 0 Å². The fourth-order valence-corrected chi connectivity index (χ4v) is 3.10. The Morgan fingerprint density at radius 3 is 2.24 bits per heavy atom. The zero-order valence-corrected chi connectivity index (χ0v) is 18.6. The number of carboxylic acids is 1. The van der Waals surface area contributed by atoms with Crippen LogP contribution in [0.1, 0.15) is 55.5 Å². The standard InChI is InChI=1S/C24H33NO4/c1-15-10-19(24(4,5)6)11-16(2)20(15)14-29-21-9-8-18(12-22(21)28-7)13-25-17(3)23(26)27/h8-12,17,25H,13-14H2,1-7H3,(H,26,27)/t17-/m1/s1. The second-order valence-corrected chi connectivity index (χ2v) is 8.55. The molecule has 0 amide bonds. The Morgan fingerprint density at radius 1 is 1.10 bits per heavy atom. The molecule has 2 aromatic rings. The molecular formula is C24H33NO4. The van der Waals surface area contributed by atoms with Crippen LogP contribution in [0.5, 0.6) is 11.5 Å². The number of methoxy groups -OCH3 is 1. The van der Waals surface area contributed by atoms with Crippen molar-refractivity contribution in [1.82, 2.24) is 5.32 Å². The first kappa shape index (κ1) is 22.8. The van der Waals surface area contributed by atoms with E-state index in [-0.39, 0.29) is 5.41 Å². The monoisotopic (exact) mass is 399 g/mol. The van der Waals surface area contributed by atoms with Crippen LogP contribution in [0.15, 0.2) is 30.3 Å². The predicted molar refractivity (Wildman–Crippen MR) is 116 cm³/mol. The lowest BCUT2D eigenvalue weighted by atomic mass is 9.84. The van der Waals surface area contributed by atoms with Crippen LogP contribution < -0.4 is 14.8 Å². The molecule has 158 valence electrons. The van der Waals surface area contributed by atoms with Crippen molar-refractivity contribution in [3.63, 3.8) is 0 Å². The SMILES string of the molecule is COc1cc(CN[C@H](C)C(=O)O)ccc1OCc1c(C)cc(C(C)(C)C)cc1C. The van der Waals surface area contributed by atoms with Gasteiger partial charge in [0.05, 0.1) is 7.11 Å². The van der Waals surface area contributed by atoms with Crippen LogP contribution in [-0.4, -0.2) is 24.2 Å². The molecular weight excluding hydrogens is 366 g/mol. The minimum atomic E-state index is -0.875. The van der Waals surface area contributed by atoms with Gasteiger partial charge in [0.1, 0.15) is 12.6 Å². The zero-order valence-electron chi connectivity index (χ0n) is 18.6. The van der Waals surface area contributed by atoms with Gasteiger partial charge in [0.15, 0.2) is 11.5 Å². The van der Waals surface area contributed by atoms with E-state index in [1.807, 2.05) is 18.2 Å². The topological polar surface area (TPSA) is 67.8 Å². The molecule has 2 N–H and O–H groups in total. The fraction of sp³-hybridized carbons (Fsp3) is 0.458. The number of hydrogen-bond acceptors (Lipinski definition) is 4. The van der Waals surface area contributed by atoms with Crippen LogP contribution in [0.3, 0.4) is 0 Å². The molecule has 5 heteroatoms. The Bertz CT molecular complexity index is 845. The van der Waals surface area contributed by atoms with Crippen LogP contribution in [0.2, 0.25) is 0 Å². The second kappa shape index (κ2) is 9.31. The molecule has 2 aromatic carbocycles. The second-order valence-electron chi connectivity index (χ2n) is 8.55. The van der Waals surface area contributed by atoms with Gasteiger partial charge in [-0.15, -0.1) is 0 Å². The summed E-state index contributed by atoms with van der Waals surface area (Å²) in [4.78, 5) is 10.9. The van der Waals surface area contributed by atoms with Crippen molar-refractivity contribution < 1.29 is 19.4 Å². The molecule has 0 aliphatic heterocycles. The third-order valence-corrected chi connectivity index (χ3v) is 5.14. The summed E-state index contributed by atoms with van der Waals surface area (Å²) in [5, 5.41) is 11.9. The summed E-state index contributed by atoms with van der Waals surface area (Å²) >= 11 is 0. The highest BCUT2D eigenvalue weighted by Crippen LogP contribution is 2.31. The minimum Gasteiger partial charge on any atom is -0.493 e.